The Morgan fingerprint density at radius 2 is 1.24 bits per heavy atom. The van der Waals surface area contributed by atoms with E-state index in [1.807, 2.05) is 48.5 Å². The number of imide groups is 1. The van der Waals surface area contributed by atoms with Gasteiger partial charge in [-0.2, -0.15) is 0 Å². The van der Waals surface area contributed by atoms with Gasteiger partial charge >= 0.3 is 5.97 Å². The average molecular weight is 623 g/mol. The predicted octanol–water partition coefficient (Wildman–Crippen LogP) is 6.58. The molecule has 1 fully saturated rings. The van der Waals surface area contributed by atoms with Gasteiger partial charge in [-0.05, 0) is 52.9 Å². The van der Waals surface area contributed by atoms with Crippen LogP contribution in [0.5, 0.6) is 5.75 Å². The molecular weight excluding hydrogens is 598 g/mol. The number of rotatable bonds is 6. The molecule has 3 aliphatic carbocycles. The van der Waals surface area contributed by atoms with Crippen molar-refractivity contribution in [2.24, 2.45) is 11.8 Å². The van der Waals surface area contributed by atoms with Crippen molar-refractivity contribution in [3.63, 3.8) is 0 Å². The second-order valence-corrected chi connectivity index (χ2v) is 12.4. The largest absolute Gasteiger partial charge is 0.427 e. The topological polar surface area (TPSA) is 63.7 Å². The number of carbonyl (C=O) groups excluding carboxylic acids is 3. The van der Waals surface area contributed by atoms with Crippen LogP contribution in [0.25, 0.3) is 0 Å². The third-order valence-electron chi connectivity index (χ3n) is 7.90. The molecule has 0 unspecified atom stereocenters. The number of hydrogen-bond donors (Lipinski definition) is 0. The number of halogens is 2. The number of esters is 1. The van der Waals surface area contributed by atoms with E-state index < -0.39 is 20.5 Å². The third kappa shape index (κ3) is 3.36. The van der Waals surface area contributed by atoms with Gasteiger partial charge in [-0.25, -0.2) is 4.90 Å². The fourth-order valence-electron chi connectivity index (χ4n) is 6.29. The lowest BCUT2D eigenvalue weighted by Gasteiger charge is -2.55. The van der Waals surface area contributed by atoms with Gasteiger partial charge in [0.05, 0.1) is 26.2 Å². The summed E-state index contributed by atoms with van der Waals surface area (Å²) in [6, 6.07) is 22.7. The Labute approximate surface area is 232 Å². The van der Waals surface area contributed by atoms with E-state index in [0.717, 1.165) is 41.5 Å². The van der Waals surface area contributed by atoms with Gasteiger partial charge in [0.1, 0.15) is 5.75 Å². The second kappa shape index (κ2) is 8.91. The number of carbonyl (C=O) groups is 3. The highest BCUT2D eigenvalue weighted by Gasteiger charge is 2.72. The van der Waals surface area contributed by atoms with Crippen LogP contribution in [0.3, 0.4) is 0 Å². The molecule has 3 aromatic rings. The molecule has 0 radical (unpaired) electrons. The second-order valence-electron chi connectivity index (χ2n) is 9.91. The zero-order chi connectivity index (χ0) is 25.9. The van der Waals surface area contributed by atoms with Crippen LogP contribution in [0.1, 0.15) is 54.9 Å². The Bertz CT molecular complexity index is 1310. The SMILES string of the molecule is CCCCCC(=O)Oc1ccc(N2C(=O)[C@@H]3[C@@H](C2=O)C2(Br)c4ccccc4C3(Br)c3ccccc32)cc1. The normalized spacial score (nSPS) is 27.1. The number of amides is 2. The van der Waals surface area contributed by atoms with Crippen molar-refractivity contribution in [2.75, 3.05) is 4.90 Å². The molecule has 3 aromatic carbocycles. The molecule has 188 valence electrons. The molecule has 5 nitrogen and oxygen atoms in total. The first-order chi connectivity index (χ1) is 17.8. The quantitative estimate of drug-likeness (QED) is 0.102. The maximum Gasteiger partial charge on any atom is 0.311 e. The molecule has 7 rings (SSSR count). The maximum atomic E-state index is 14.1. The van der Waals surface area contributed by atoms with Crippen molar-refractivity contribution in [3.05, 3.63) is 95.1 Å². The number of unbranched alkanes of at least 4 members (excludes halogenated alkanes) is 2. The number of alkyl halides is 2. The van der Waals surface area contributed by atoms with Crippen molar-refractivity contribution in [1.82, 2.24) is 0 Å². The number of nitrogens with zero attached hydrogens (tertiary/aromatic N) is 1. The van der Waals surface area contributed by atoms with Gasteiger partial charge in [0.25, 0.3) is 0 Å². The summed E-state index contributed by atoms with van der Waals surface area (Å²) in [5, 5.41) is 0. The third-order valence-corrected chi connectivity index (χ3v) is 10.6. The van der Waals surface area contributed by atoms with Crippen LogP contribution < -0.4 is 9.64 Å². The van der Waals surface area contributed by atoms with Crippen molar-refractivity contribution < 1.29 is 19.1 Å². The molecule has 1 heterocycles. The molecule has 7 heteroatoms. The van der Waals surface area contributed by atoms with E-state index in [1.165, 1.54) is 4.90 Å². The Morgan fingerprint density at radius 3 is 1.68 bits per heavy atom. The number of ether oxygens (including phenoxy) is 1. The van der Waals surface area contributed by atoms with Gasteiger partial charge in [-0.15, -0.1) is 0 Å². The number of benzene rings is 3. The summed E-state index contributed by atoms with van der Waals surface area (Å²) in [6.07, 6.45) is 3.17. The van der Waals surface area contributed by atoms with E-state index >= 15 is 0 Å². The predicted molar refractivity (Wildman–Crippen MR) is 148 cm³/mol. The van der Waals surface area contributed by atoms with Crippen LogP contribution in [0, 0.1) is 11.8 Å². The molecule has 1 saturated heterocycles. The smallest absolute Gasteiger partial charge is 0.311 e. The Hall–Kier alpha value is -2.77. The maximum absolute atomic E-state index is 14.1. The van der Waals surface area contributed by atoms with Crippen LogP contribution in [0.2, 0.25) is 0 Å². The van der Waals surface area contributed by atoms with E-state index in [0.29, 0.717) is 17.9 Å². The summed E-state index contributed by atoms with van der Waals surface area (Å²) >= 11 is 8.03. The highest BCUT2D eigenvalue weighted by atomic mass is 79.9. The van der Waals surface area contributed by atoms with E-state index in [-0.39, 0.29) is 17.8 Å². The molecule has 0 spiro atoms. The lowest BCUT2D eigenvalue weighted by Crippen LogP contribution is -2.56. The van der Waals surface area contributed by atoms with Crippen LogP contribution in [0.4, 0.5) is 5.69 Å². The van der Waals surface area contributed by atoms with Crippen LogP contribution in [-0.4, -0.2) is 17.8 Å². The molecule has 0 aromatic heterocycles. The summed E-state index contributed by atoms with van der Waals surface area (Å²) < 4.78 is 3.80. The Balaban J connectivity index is 1.38. The van der Waals surface area contributed by atoms with Gasteiger partial charge < -0.3 is 4.74 Å². The molecular formula is C30H25Br2NO4. The van der Waals surface area contributed by atoms with Gasteiger partial charge in [0.2, 0.25) is 11.8 Å². The first-order valence-corrected chi connectivity index (χ1v) is 14.2. The van der Waals surface area contributed by atoms with E-state index in [1.54, 1.807) is 24.3 Å². The Kier molecular flexibility index (Phi) is 5.92. The first kappa shape index (κ1) is 24.6. The molecule has 0 saturated carbocycles. The van der Waals surface area contributed by atoms with Gasteiger partial charge in [0.15, 0.2) is 0 Å². The molecule has 2 amide bonds. The minimum Gasteiger partial charge on any atom is -0.427 e. The summed E-state index contributed by atoms with van der Waals surface area (Å²) in [6.45, 7) is 2.08. The fourth-order valence-corrected chi connectivity index (χ4v) is 8.59. The van der Waals surface area contributed by atoms with Gasteiger partial charge in [0, 0.05) is 6.42 Å². The fraction of sp³-hybridized carbons (Fsp3) is 0.300. The van der Waals surface area contributed by atoms with E-state index in [2.05, 4.69) is 38.8 Å². The van der Waals surface area contributed by atoms with Gasteiger partial charge in [-0.1, -0.05) is 100 Å². The standard InChI is InChI=1S/C30H25Br2NO4/c1-2-3-4-13-24(34)37-19-16-14-18(15-17-19)33-27(35)25-26(28(33)36)30(32)21-10-6-5-9-20(21)29(25,31)22-11-7-8-12-23(22)30/h5-12,14-17,25-26H,2-4,13H2,1H3/t25-,26-,29?,30?/m0/s1. The van der Waals surface area contributed by atoms with Crippen LogP contribution in [-0.2, 0) is 23.0 Å². The van der Waals surface area contributed by atoms with Crippen molar-refractivity contribution in [2.45, 2.75) is 41.3 Å². The highest BCUT2D eigenvalue weighted by Crippen LogP contribution is 2.70. The number of hydrogen-bond acceptors (Lipinski definition) is 4. The summed E-state index contributed by atoms with van der Waals surface area (Å²) in [4.78, 5) is 41.6. The zero-order valence-corrected chi connectivity index (χ0v) is 23.4. The van der Waals surface area contributed by atoms with E-state index in [4.69, 9.17) is 4.74 Å². The van der Waals surface area contributed by atoms with Crippen LogP contribution in [0.15, 0.2) is 72.8 Å². The molecule has 0 N–H and O–H groups in total. The van der Waals surface area contributed by atoms with E-state index in [9.17, 15) is 14.4 Å². The summed E-state index contributed by atoms with van der Waals surface area (Å²) in [7, 11) is 0. The summed E-state index contributed by atoms with van der Waals surface area (Å²) in [5.41, 5.74) is 4.47. The van der Waals surface area contributed by atoms with Crippen molar-refractivity contribution in [1.29, 1.82) is 0 Å². The van der Waals surface area contributed by atoms with Crippen molar-refractivity contribution in [3.8, 4) is 5.75 Å². The average Bonchev–Trinajstić information content (AvgIpc) is 3.19. The zero-order valence-electron chi connectivity index (χ0n) is 20.2. The van der Waals surface area contributed by atoms with Crippen molar-refractivity contribution >= 4 is 55.3 Å². The molecule has 37 heavy (non-hydrogen) atoms. The molecule has 2 bridgehead atoms. The van der Waals surface area contributed by atoms with Gasteiger partial charge in [-0.3, -0.25) is 14.4 Å². The minimum absolute atomic E-state index is 0.246. The monoisotopic (exact) mass is 621 g/mol. The molecule has 1 aliphatic heterocycles. The summed E-state index contributed by atoms with van der Waals surface area (Å²) in [5.74, 6) is -1.63. The molecule has 4 aliphatic rings. The highest BCUT2D eigenvalue weighted by molar-refractivity contribution is 9.10. The Morgan fingerprint density at radius 1 is 0.784 bits per heavy atom. The lowest BCUT2D eigenvalue weighted by molar-refractivity contribution is -0.134. The lowest BCUT2D eigenvalue weighted by atomic mass is 9.54. The first-order valence-electron chi connectivity index (χ1n) is 12.6. The minimum atomic E-state index is -0.824. The molecule has 2 atom stereocenters. The number of anilines is 1. The van der Waals surface area contributed by atoms with Crippen LogP contribution >= 0.6 is 31.9 Å².